The summed E-state index contributed by atoms with van der Waals surface area (Å²) in [6.07, 6.45) is -9.53. The van der Waals surface area contributed by atoms with E-state index < -0.39 is 40.8 Å². The summed E-state index contributed by atoms with van der Waals surface area (Å²) in [5.41, 5.74) is 0.829. The fraction of sp³-hybridized carbons (Fsp3) is 0.0667. The number of benzene rings is 4. The van der Waals surface area contributed by atoms with E-state index in [-0.39, 0.29) is 34.2 Å². The Hall–Kier alpha value is -5.37. The Morgan fingerprint density at radius 3 is 1.76 bits per heavy atom. The van der Waals surface area contributed by atoms with Crippen LogP contribution in [-0.2, 0) is 28.8 Å². The molecule has 0 aliphatic rings. The molecular formula is C30H18F6N7NiO2-. The molecule has 238 valence electrons. The Morgan fingerprint density at radius 2 is 1.20 bits per heavy atom. The Labute approximate surface area is 267 Å². The molecule has 0 aliphatic carbocycles. The number of nitrogens with zero attached hydrogens (tertiary/aromatic N) is 7. The van der Waals surface area contributed by atoms with Gasteiger partial charge >= 0.3 is 12.4 Å². The maximum absolute atomic E-state index is 13.9. The summed E-state index contributed by atoms with van der Waals surface area (Å²) in [5, 5.41) is 11.3. The number of halogens is 6. The van der Waals surface area contributed by atoms with E-state index in [4.69, 9.17) is 9.47 Å². The Bertz CT molecular complexity index is 1760. The monoisotopic (exact) mass is 680 g/mol. The minimum absolute atomic E-state index is 0. The van der Waals surface area contributed by atoms with Crippen molar-refractivity contribution in [2.45, 2.75) is 12.4 Å². The molecule has 0 N–H and O–H groups in total. The number of para-hydroxylation sites is 2. The molecule has 5 aromatic rings. The zero-order valence-corrected chi connectivity index (χ0v) is 23.9. The van der Waals surface area contributed by atoms with E-state index in [1.807, 2.05) is 0 Å². The summed E-state index contributed by atoms with van der Waals surface area (Å²) in [5.74, 6) is -0.452. The maximum atomic E-state index is 13.9. The quantitative estimate of drug-likeness (QED) is 0.0405. The summed E-state index contributed by atoms with van der Waals surface area (Å²) in [4.78, 5) is 12.2. The maximum Gasteiger partial charge on any atom is 0.417 e. The van der Waals surface area contributed by atoms with Gasteiger partial charge in [0.05, 0.1) is 22.8 Å². The topological polar surface area (TPSA) is 108 Å². The average Bonchev–Trinajstić information content (AvgIpc) is 3.01. The van der Waals surface area contributed by atoms with Crippen LogP contribution in [0, 0.1) is 0 Å². The van der Waals surface area contributed by atoms with Gasteiger partial charge in [0.2, 0.25) is 0 Å². The normalized spacial score (nSPS) is 12.0. The Morgan fingerprint density at radius 1 is 0.630 bits per heavy atom. The molecule has 0 spiro atoms. The molecule has 46 heavy (non-hydrogen) atoms. The van der Waals surface area contributed by atoms with Gasteiger partial charge in [-0.3, -0.25) is 5.43 Å². The second kappa shape index (κ2) is 14.6. The van der Waals surface area contributed by atoms with Crippen LogP contribution in [0.3, 0.4) is 0 Å². The van der Waals surface area contributed by atoms with Crippen LogP contribution in [0.15, 0.2) is 125 Å². The molecule has 9 nitrogen and oxygen atoms in total. The Balaban J connectivity index is 0.00000480. The summed E-state index contributed by atoms with van der Waals surface area (Å²) in [6.45, 7) is 0. The molecular weight excluding hydrogens is 663 g/mol. The van der Waals surface area contributed by atoms with E-state index in [1.54, 1.807) is 60.7 Å². The first kappa shape index (κ1) is 33.5. The molecule has 1 aromatic heterocycles. The molecule has 0 aliphatic heterocycles. The molecule has 0 saturated heterocycles. The van der Waals surface area contributed by atoms with E-state index in [1.165, 1.54) is 12.1 Å². The van der Waals surface area contributed by atoms with Crippen LogP contribution in [-0.4, -0.2) is 20.8 Å². The van der Waals surface area contributed by atoms with Gasteiger partial charge in [-0.2, -0.15) is 36.4 Å². The van der Waals surface area contributed by atoms with Crippen LogP contribution in [0.2, 0.25) is 0 Å². The van der Waals surface area contributed by atoms with Crippen molar-refractivity contribution in [1.82, 2.24) is 15.0 Å². The predicted octanol–water partition coefficient (Wildman–Crippen LogP) is 9.64. The number of hydrogen-bond donors (Lipinski definition) is 0. The van der Waals surface area contributed by atoms with Crippen molar-refractivity contribution in [3.8, 4) is 23.5 Å². The van der Waals surface area contributed by atoms with Crippen molar-refractivity contribution >= 4 is 17.5 Å². The minimum Gasteiger partial charge on any atom is -0.436 e. The zero-order chi connectivity index (χ0) is 31.9. The zero-order valence-electron chi connectivity index (χ0n) is 22.9. The first-order chi connectivity index (χ1) is 21.5. The SMILES string of the molecule is FC(F)(F)c1cccc(N=NC(=N[N-]c2nc(Oc3ccccc3)nc(Oc3ccccc3)n2)c2ccccc2C(F)(F)F)c1.[Ni]. The molecule has 0 radical (unpaired) electrons. The number of hydrogen-bond acceptors (Lipinski definition) is 7. The standard InChI is InChI=1S/C30H18F6N7O2.Ni/c31-29(32,33)19-10-9-11-20(18-19)40-41-25(23-16-7-8-17-24(23)30(34,35)36)42-43-26-37-27(44-21-12-3-1-4-13-21)39-28(38-26)45-22-14-5-2-6-15-22;/h1-18H;/q-1;. The number of amidine groups is 1. The van der Waals surface area contributed by atoms with Crippen LogP contribution in [0.4, 0.5) is 38.0 Å². The fourth-order valence-corrected chi connectivity index (χ4v) is 3.65. The molecule has 0 unspecified atom stereocenters. The van der Waals surface area contributed by atoms with Gasteiger partial charge in [-0.05, 0) is 48.5 Å². The van der Waals surface area contributed by atoms with Gasteiger partial charge in [-0.15, -0.1) is 10.2 Å². The molecule has 4 aromatic carbocycles. The smallest absolute Gasteiger partial charge is 0.417 e. The van der Waals surface area contributed by atoms with Crippen LogP contribution >= 0.6 is 0 Å². The van der Waals surface area contributed by atoms with E-state index in [0.717, 1.165) is 30.3 Å². The number of aromatic nitrogens is 3. The number of azo groups is 1. The minimum atomic E-state index is -4.84. The first-order valence-electron chi connectivity index (χ1n) is 12.8. The van der Waals surface area contributed by atoms with Crippen molar-refractivity contribution in [2.75, 3.05) is 0 Å². The number of alkyl halides is 6. The molecule has 0 atom stereocenters. The van der Waals surface area contributed by atoms with Crippen molar-refractivity contribution < 1.29 is 52.3 Å². The predicted molar refractivity (Wildman–Crippen MR) is 150 cm³/mol. The van der Waals surface area contributed by atoms with Crippen LogP contribution in [0.25, 0.3) is 5.43 Å². The third-order valence-corrected chi connectivity index (χ3v) is 5.63. The molecule has 0 saturated carbocycles. The summed E-state index contributed by atoms with van der Waals surface area (Å²) in [6, 6.07) is 24.3. The van der Waals surface area contributed by atoms with Gasteiger partial charge < -0.3 is 19.4 Å². The van der Waals surface area contributed by atoms with Gasteiger partial charge in [0.25, 0.3) is 12.0 Å². The number of ether oxygens (including phenoxy) is 2. The van der Waals surface area contributed by atoms with Gasteiger partial charge in [0, 0.05) is 22.1 Å². The molecule has 0 fully saturated rings. The molecule has 0 bridgehead atoms. The van der Waals surface area contributed by atoms with Gasteiger partial charge in [0.1, 0.15) is 11.5 Å². The van der Waals surface area contributed by atoms with Gasteiger partial charge in [-0.25, -0.2) is 0 Å². The summed E-state index contributed by atoms with van der Waals surface area (Å²) >= 11 is 0. The van der Waals surface area contributed by atoms with Crippen LogP contribution in [0.1, 0.15) is 16.7 Å². The van der Waals surface area contributed by atoms with Crippen molar-refractivity contribution in [3.05, 3.63) is 131 Å². The average molecular weight is 681 g/mol. The van der Waals surface area contributed by atoms with E-state index in [2.05, 4.69) is 35.7 Å². The molecule has 0 amide bonds. The van der Waals surface area contributed by atoms with Crippen molar-refractivity contribution in [1.29, 1.82) is 0 Å². The molecule has 5 rings (SSSR count). The van der Waals surface area contributed by atoms with Crippen molar-refractivity contribution in [2.24, 2.45) is 15.3 Å². The summed E-state index contributed by atoms with van der Waals surface area (Å²) in [7, 11) is 0. The second-order valence-corrected chi connectivity index (χ2v) is 8.85. The van der Waals surface area contributed by atoms with E-state index in [0.29, 0.717) is 17.6 Å². The van der Waals surface area contributed by atoms with Crippen molar-refractivity contribution in [3.63, 3.8) is 0 Å². The molecule has 16 heteroatoms. The third-order valence-electron chi connectivity index (χ3n) is 5.63. The van der Waals surface area contributed by atoms with Crippen LogP contribution < -0.4 is 9.47 Å². The van der Waals surface area contributed by atoms with Gasteiger partial charge in [-0.1, -0.05) is 60.7 Å². The fourth-order valence-electron chi connectivity index (χ4n) is 3.65. The van der Waals surface area contributed by atoms with E-state index in [9.17, 15) is 26.3 Å². The third kappa shape index (κ3) is 9.08. The first-order valence-corrected chi connectivity index (χ1v) is 12.8. The summed E-state index contributed by atoms with van der Waals surface area (Å²) < 4.78 is 92.6. The second-order valence-electron chi connectivity index (χ2n) is 8.85. The van der Waals surface area contributed by atoms with E-state index >= 15 is 0 Å². The largest absolute Gasteiger partial charge is 0.436 e. The molecule has 1 heterocycles. The number of rotatable bonds is 8. The Kier molecular flexibility index (Phi) is 10.6. The van der Waals surface area contributed by atoms with Crippen LogP contribution in [0.5, 0.6) is 23.5 Å². The van der Waals surface area contributed by atoms with Gasteiger partial charge in [0.15, 0.2) is 5.84 Å².